The first-order valence-electron chi connectivity index (χ1n) is 6.04. The largest absolute Gasteiger partial charge is 0.491 e. The molecule has 0 aliphatic carbocycles. The fourth-order valence-corrected chi connectivity index (χ4v) is 1.29. The molecule has 18 heavy (non-hydrogen) atoms. The van der Waals surface area contributed by atoms with Crippen molar-refractivity contribution < 1.29 is 19.3 Å². The highest BCUT2D eigenvalue weighted by Crippen LogP contribution is 2.13. The Morgan fingerprint density at radius 2 is 1.78 bits per heavy atom. The second kappa shape index (κ2) is 8.74. The lowest BCUT2D eigenvalue weighted by Crippen LogP contribution is -2.24. The Bertz CT molecular complexity index is 315. The zero-order valence-electron chi connectivity index (χ0n) is 10.7. The van der Waals surface area contributed by atoms with Gasteiger partial charge in [0.05, 0.1) is 19.8 Å². The predicted octanol–water partition coefficient (Wildman–Crippen LogP) is 1.06. The minimum atomic E-state index is -0.649. The predicted molar refractivity (Wildman–Crippen MR) is 69.7 cm³/mol. The van der Waals surface area contributed by atoms with Crippen molar-refractivity contribution in [1.29, 1.82) is 0 Å². The van der Waals surface area contributed by atoms with Crippen LogP contribution in [0.15, 0.2) is 24.3 Å². The van der Waals surface area contributed by atoms with E-state index in [4.69, 9.17) is 19.9 Å². The zero-order valence-corrected chi connectivity index (χ0v) is 10.7. The van der Waals surface area contributed by atoms with Gasteiger partial charge in [0.2, 0.25) is 0 Å². The molecule has 0 aliphatic heterocycles. The quantitative estimate of drug-likeness (QED) is 0.510. The van der Waals surface area contributed by atoms with Crippen LogP contribution < -0.4 is 10.5 Å². The Kier molecular flexibility index (Phi) is 7.17. The molecule has 0 heterocycles. The number of nitrogen functional groups attached to an aromatic ring is 1. The molecule has 0 saturated heterocycles. The van der Waals surface area contributed by atoms with Crippen LogP contribution in [0.25, 0.3) is 0 Å². The van der Waals surface area contributed by atoms with Crippen molar-refractivity contribution in [2.75, 3.05) is 38.8 Å². The van der Waals surface area contributed by atoms with E-state index in [9.17, 15) is 5.11 Å². The molecule has 1 rings (SSSR count). The molecule has 0 saturated carbocycles. The van der Waals surface area contributed by atoms with Gasteiger partial charge in [0, 0.05) is 12.3 Å². The van der Waals surface area contributed by atoms with Gasteiger partial charge in [-0.25, -0.2) is 0 Å². The molecule has 1 aromatic carbocycles. The molecule has 5 nitrogen and oxygen atoms in total. The standard InChI is InChI=1S/C13H21NO4/c1-2-16-7-8-17-9-12(15)10-18-13-5-3-11(14)4-6-13/h3-6,12,15H,2,7-10,14H2,1H3. The van der Waals surface area contributed by atoms with Gasteiger partial charge in [0.1, 0.15) is 18.5 Å². The Morgan fingerprint density at radius 1 is 1.11 bits per heavy atom. The molecule has 1 atom stereocenters. The Morgan fingerprint density at radius 3 is 2.44 bits per heavy atom. The van der Waals surface area contributed by atoms with Crippen LogP contribution >= 0.6 is 0 Å². The molecular formula is C13H21NO4. The van der Waals surface area contributed by atoms with Gasteiger partial charge in [-0.05, 0) is 31.2 Å². The van der Waals surface area contributed by atoms with Crippen LogP contribution in [0.5, 0.6) is 5.75 Å². The SMILES string of the molecule is CCOCCOCC(O)COc1ccc(N)cc1. The third-order valence-corrected chi connectivity index (χ3v) is 2.21. The zero-order chi connectivity index (χ0) is 13.2. The first-order chi connectivity index (χ1) is 8.72. The van der Waals surface area contributed by atoms with E-state index in [1.54, 1.807) is 24.3 Å². The molecule has 1 aromatic rings. The van der Waals surface area contributed by atoms with Gasteiger partial charge < -0.3 is 25.1 Å². The van der Waals surface area contributed by atoms with Gasteiger partial charge in [-0.15, -0.1) is 0 Å². The minimum Gasteiger partial charge on any atom is -0.491 e. The molecule has 1 unspecified atom stereocenters. The highest BCUT2D eigenvalue weighted by Gasteiger charge is 2.05. The van der Waals surface area contributed by atoms with E-state index in [1.807, 2.05) is 6.92 Å². The summed E-state index contributed by atoms with van der Waals surface area (Å²) in [7, 11) is 0. The molecule has 0 aromatic heterocycles. The van der Waals surface area contributed by atoms with E-state index in [0.29, 0.717) is 31.3 Å². The summed E-state index contributed by atoms with van der Waals surface area (Å²) in [5, 5.41) is 9.61. The molecule has 102 valence electrons. The summed E-state index contributed by atoms with van der Waals surface area (Å²) < 4.78 is 15.7. The van der Waals surface area contributed by atoms with Gasteiger partial charge >= 0.3 is 0 Å². The Labute approximate surface area is 107 Å². The van der Waals surface area contributed by atoms with E-state index in [0.717, 1.165) is 0 Å². The summed E-state index contributed by atoms with van der Waals surface area (Å²) in [6, 6.07) is 7.02. The number of hydrogen-bond donors (Lipinski definition) is 2. The van der Waals surface area contributed by atoms with Gasteiger partial charge in [0.25, 0.3) is 0 Å². The van der Waals surface area contributed by atoms with Crippen LogP contribution in [0.3, 0.4) is 0 Å². The maximum Gasteiger partial charge on any atom is 0.119 e. The first-order valence-corrected chi connectivity index (χ1v) is 6.04. The van der Waals surface area contributed by atoms with E-state index in [2.05, 4.69) is 0 Å². The van der Waals surface area contributed by atoms with Crippen LogP contribution in [0.1, 0.15) is 6.92 Å². The molecule has 0 bridgehead atoms. The molecule has 3 N–H and O–H groups in total. The highest BCUT2D eigenvalue weighted by atomic mass is 16.5. The van der Waals surface area contributed by atoms with Crippen LogP contribution in [0.4, 0.5) is 5.69 Å². The van der Waals surface area contributed by atoms with Crippen molar-refractivity contribution in [1.82, 2.24) is 0 Å². The number of hydrogen-bond acceptors (Lipinski definition) is 5. The summed E-state index contributed by atoms with van der Waals surface area (Å²) >= 11 is 0. The smallest absolute Gasteiger partial charge is 0.119 e. The van der Waals surface area contributed by atoms with Crippen LogP contribution in [-0.2, 0) is 9.47 Å². The Balaban J connectivity index is 2.09. The second-order valence-corrected chi connectivity index (χ2v) is 3.81. The topological polar surface area (TPSA) is 73.9 Å². The lowest BCUT2D eigenvalue weighted by molar-refractivity contribution is -0.00928. The van der Waals surface area contributed by atoms with E-state index >= 15 is 0 Å². The van der Waals surface area contributed by atoms with Crippen molar-refractivity contribution in [2.24, 2.45) is 0 Å². The van der Waals surface area contributed by atoms with Gasteiger partial charge in [-0.3, -0.25) is 0 Å². The average Bonchev–Trinajstić information content (AvgIpc) is 2.38. The summed E-state index contributed by atoms with van der Waals surface area (Å²) in [6.45, 7) is 4.05. The lowest BCUT2D eigenvalue weighted by atomic mass is 10.3. The number of aliphatic hydroxyl groups excluding tert-OH is 1. The van der Waals surface area contributed by atoms with Crippen molar-refractivity contribution in [3.8, 4) is 5.75 Å². The molecular weight excluding hydrogens is 234 g/mol. The summed E-state index contributed by atoms with van der Waals surface area (Å²) in [6.07, 6.45) is -0.649. The lowest BCUT2D eigenvalue weighted by Gasteiger charge is -2.12. The minimum absolute atomic E-state index is 0.193. The van der Waals surface area contributed by atoms with Crippen molar-refractivity contribution in [3.05, 3.63) is 24.3 Å². The van der Waals surface area contributed by atoms with Gasteiger partial charge in [-0.1, -0.05) is 0 Å². The second-order valence-electron chi connectivity index (χ2n) is 3.81. The summed E-state index contributed by atoms with van der Waals surface area (Å²) in [4.78, 5) is 0. The van der Waals surface area contributed by atoms with Crippen LogP contribution in [-0.4, -0.2) is 44.2 Å². The molecule has 0 aliphatic rings. The number of aliphatic hydroxyl groups is 1. The monoisotopic (exact) mass is 255 g/mol. The fraction of sp³-hybridized carbons (Fsp3) is 0.538. The van der Waals surface area contributed by atoms with E-state index in [-0.39, 0.29) is 13.2 Å². The number of anilines is 1. The average molecular weight is 255 g/mol. The van der Waals surface area contributed by atoms with E-state index in [1.165, 1.54) is 0 Å². The molecule has 5 heteroatoms. The van der Waals surface area contributed by atoms with E-state index < -0.39 is 6.10 Å². The van der Waals surface area contributed by atoms with Crippen molar-refractivity contribution in [2.45, 2.75) is 13.0 Å². The summed E-state index contributed by atoms with van der Waals surface area (Å²) in [5.41, 5.74) is 6.23. The molecule has 0 amide bonds. The third-order valence-electron chi connectivity index (χ3n) is 2.21. The number of benzene rings is 1. The maximum absolute atomic E-state index is 9.61. The molecule has 0 spiro atoms. The molecule has 0 fully saturated rings. The number of rotatable bonds is 9. The van der Waals surface area contributed by atoms with Crippen LogP contribution in [0.2, 0.25) is 0 Å². The molecule has 0 radical (unpaired) electrons. The highest BCUT2D eigenvalue weighted by molar-refractivity contribution is 5.41. The Hall–Kier alpha value is -1.30. The van der Waals surface area contributed by atoms with Gasteiger partial charge in [-0.2, -0.15) is 0 Å². The number of nitrogens with two attached hydrogens (primary N) is 1. The summed E-state index contributed by atoms with van der Waals surface area (Å²) in [5.74, 6) is 0.678. The first kappa shape index (κ1) is 14.8. The van der Waals surface area contributed by atoms with Gasteiger partial charge in [0.15, 0.2) is 0 Å². The normalized spacial score (nSPS) is 12.3. The van der Waals surface area contributed by atoms with Crippen LogP contribution in [0, 0.1) is 0 Å². The van der Waals surface area contributed by atoms with Crippen molar-refractivity contribution >= 4 is 5.69 Å². The fourth-order valence-electron chi connectivity index (χ4n) is 1.29. The van der Waals surface area contributed by atoms with Crippen molar-refractivity contribution in [3.63, 3.8) is 0 Å². The maximum atomic E-state index is 9.61. The third kappa shape index (κ3) is 6.44. The number of ether oxygens (including phenoxy) is 3.